The third-order valence-corrected chi connectivity index (χ3v) is 4.91. The Balaban J connectivity index is 3.49. The zero-order valence-electron chi connectivity index (χ0n) is 18.2. The summed E-state index contributed by atoms with van der Waals surface area (Å²) in [6.45, 7) is 6.92. The first-order valence-electron chi connectivity index (χ1n) is 11.5. The Kier molecular flexibility index (Phi) is 18.9. The van der Waals surface area contributed by atoms with Gasteiger partial charge >= 0.3 is 11.9 Å². The first kappa shape index (κ1) is 25.9. The molecule has 0 aliphatic heterocycles. The van der Waals surface area contributed by atoms with E-state index in [0.717, 1.165) is 38.5 Å². The van der Waals surface area contributed by atoms with E-state index in [1.54, 1.807) is 0 Å². The summed E-state index contributed by atoms with van der Waals surface area (Å²) in [4.78, 5) is 23.5. The Labute approximate surface area is 167 Å². The molecule has 0 saturated heterocycles. The summed E-state index contributed by atoms with van der Waals surface area (Å²) in [5, 5.41) is 0. The zero-order chi connectivity index (χ0) is 20.2. The minimum atomic E-state index is -0.194. The van der Waals surface area contributed by atoms with Gasteiger partial charge in [-0.25, -0.2) is 0 Å². The highest BCUT2D eigenvalue weighted by Crippen LogP contribution is 2.12. The van der Waals surface area contributed by atoms with Crippen LogP contribution in [0.4, 0.5) is 0 Å². The van der Waals surface area contributed by atoms with Crippen molar-refractivity contribution in [3.05, 3.63) is 0 Å². The van der Waals surface area contributed by atoms with Gasteiger partial charge in [-0.15, -0.1) is 0 Å². The van der Waals surface area contributed by atoms with E-state index >= 15 is 0 Å². The van der Waals surface area contributed by atoms with Gasteiger partial charge in [0.05, 0.1) is 6.61 Å². The maximum Gasteiger partial charge on any atom is 0.306 e. The molecule has 0 aliphatic carbocycles. The highest BCUT2D eigenvalue weighted by atomic mass is 16.5. The van der Waals surface area contributed by atoms with Crippen LogP contribution in [0.2, 0.25) is 0 Å². The normalized spacial score (nSPS) is 12.0. The van der Waals surface area contributed by atoms with Crippen molar-refractivity contribution >= 4 is 11.9 Å². The van der Waals surface area contributed by atoms with E-state index < -0.39 is 0 Å². The summed E-state index contributed by atoms with van der Waals surface area (Å²) in [6.07, 6.45) is 16.4. The van der Waals surface area contributed by atoms with Crippen LogP contribution in [0.15, 0.2) is 0 Å². The molecular weight excluding hydrogens is 340 g/mol. The third kappa shape index (κ3) is 18.1. The van der Waals surface area contributed by atoms with Crippen molar-refractivity contribution in [3.8, 4) is 0 Å². The molecule has 4 nitrogen and oxygen atoms in total. The van der Waals surface area contributed by atoms with Gasteiger partial charge in [-0.1, -0.05) is 85.0 Å². The quantitative estimate of drug-likeness (QED) is 0.183. The van der Waals surface area contributed by atoms with Gasteiger partial charge in [0.25, 0.3) is 0 Å². The Morgan fingerprint density at radius 2 is 1.22 bits per heavy atom. The average molecular weight is 385 g/mol. The molecule has 0 N–H and O–H groups in total. The van der Waals surface area contributed by atoms with Crippen molar-refractivity contribution in [1.82, 2.24) is 0 Å². The summed E-state index contributed by atoms with van der Waals surface area (Å²) in [5.74, 6) is -0.384. The topological polar surface area (TPSA) is 52.6 Å². The molecule has 0 aliphatic rings. The third-order valence-electron chi connectivity index (χ3n) is 4.91. The predicted octanol–water partition coefficient (Wildman–Crippen LogP) is 6.74. The summed E-state index contributed by atoms with van der Waals surface area (Å²) in [6, 6.07) is 0. The number of esters is 2. The van der Waals surface area contributed by atoms with E-state index in [2.05, 4.69) is 13.8 Å². The lowest BCUT2D eigenvalue weighted by molar-refractivity contribution is -0.150. The lowest BCUT2D eigenvalue weighted by Gasteiger charge is -2.15. The van der Waals surface area contributed by atoms with E-state index in [1.165, 1.54) is 44.9 Å². The standard InChI is InChI=1S/C23H44O4/c1-4-7-9-10-11-12-13-14-15-20-26-22(24)18-16-19-23(25)27-21(6-3)17-8-5-2/h21H,4-20H2,1-3H3. The lowest BCUT2D eigenvalue weighted by atomic mass is 10.1. The molecule has 0 bridgehead atoms. The van der Waals surface area contributed by atoms with Gasteiger partial charge in [0.1, 0.15) is 6.10 Å². The van der Waals surface area contributed by atoms with Crippen LogP contribution >= 0.6 is 0 Å². The molecule has 0 aromatic heterocycles. The van der Waals surface area contributed by atoms with E-state index in [-0.39, 0.29) is 18.0 Å². The highest BCUT2D eigenvalue weighted by Gasteiger charge is 2.13. The Bertz CT molecular complexity index is 354. The van der Waals surface area contributed by atoms with Gasteiger partial charge in [-0.05, 0) is 25.7 Å². The largest absolute Gasteiger partial charge is 0.466 e. The van der Waals surface area contributed by atoms with Crippen LogP contribution in [0.25, 0.3) is 0 Å². The molecule has 160 valence electrons. The fraction of sp³-hybridized carbons (Fsp3) is 0.913. The van der Waals surface area contributed by atoms with Gasteiger partial charge < -0.3 is 9.47 Å². The molecule has 0 saturated carbocycles. The summed E-state index contributed by atoms with van der Waals surface area (Å²) >= 11 is 0. The van der Waals surface area contributed by atoms with Crippen LogP contribution in [0, 0.1) is 0 Å². The van der Waals surface area contributed by atoms with Crippen molar-refractivity contribution in [2.45, 2.75) is 130 Å². The van der Waals surface area contributed by atoms with Gasteiger partial charge in [-0.2, -0.15) is 0 Å². The minimum Gasteiger partial charge on any atom is -0.466 e. The molecular formula is C23H44O4. The second-order valence-electron chi connectivity index (χ2n) is 7.56. The van der Waals surface area contributed by atoms with Crippen molar-refractivity contribution in [1.29, 1.82) is 0 Å². The van der Waals surface area contributed by atoms with Crippen molar-refractivity contribution in [3.63, 3.8) is 0 Å². The molecule has 1 atom stereocenters. The van der Waals surface area contributed by atoms with Gasteiger partial charge in [0.15, 0.2) is 0 Å². The van der Waals surface area contributed by atoms with Crippen molar-refractivity contribution in [2.24, 2.45) is 0 Å². The number of carbonyl (C=O) groups is 2. The smallest absolute Gasteiger partial charge is 0.306 e. The van der Waals surface area contributed by atoms with Crippen molar-refractivity contribution in [2.75, 3.05) is 6.61 Å². The number of ether oxygens (including phenoxy) is 2. The van der Waals surface area contributed by atoms with E-state index in [9.17, 15) is 9.59 Å². The first-order valence-corrected chi connectivity index (χ1v) is 11.5. The molecule has 0 rings (SSSR count). The number of hydrogen-bond donors (Lipinski definition) is 0. The molecule has 0 aromatic carbocycles. The van der Waals surface area contributed by atoms with Crippen LogP contribution in [-0.4, -0.2) is 24.6 Å². The molecule has 0 fully saturated rings. The van der Waals surface area contributed by atoms with Gasteiger partial charge in [-0.3, -0.25) is 9.59 Å². The van der Waals surface area contributed by atoms with Crippen LogP contribution in [-0.2, 0) is 19.1 Å². The van der Waals surface area contributed by atoms with E-state index in [1.807, 2.05) is 6.92 Å². The maximum absolute atomic E-state index is 11.8. The summed E-state index contributed by atoms with van der Waals surface area (Å²) < 4.78 is 10.7. The summed E-state index contributed by atoms with van der Waals surface area (Å²) in [7, 11) is 0. The monoisotopic (exact) mass is 384 g/mol. The molecule has 0 amide bonds. The molecule has 4 heteroatoms. The van der Waals surface area contributed by atoms with Crippen LogP contribution in [0.3, 0.4) is 0 Å². The number of rotatable bonds is 19. The van der Waals surface area contributed by atoms with Crippen molar-refractivity contribution < 1.29 is 19.1 Å². The lowest BCUT2D eigenvalue weighted by Crippen LogP contribution is -2.17. The molecule has 27 heavy (non-hydrogen) atoms. The van der Waals surface area contributed by atoms with Crippen LogP contribution in [0.1, 0.15) is 124 Å². The molecule has 1 unspecified atom stereocenters. The number of carbonyl (C=O) groups excluding carboxylic acids is 2. The fourth-order valence-electron chi connectivity index (χ4n) is 3.07. The average Bonchev–Trinajstić information content (AvgIpc) is 2.66. The fourth-order valence-corrected chi connectivity index (χ4v) is 3.07. The second kappa shape index (κ2) is 19.7. The van der Waals surface area contributed by atoms with Gasteiger partial charge in [0.2, 0.25) is 0 Å². The highest BCUT2D eigenvalue weighted by molar-refractivity contribution is 5.72. The zero-order valence-corrected chi connectivity index (χ0v) is 18.2. The number of unbranched alkanes of at least 4 members (excludes halogenated alkanes) is 9. The predicted molar refractivity (Wildman–Crippen MR) is 112 cm³/mol. The number of hydrogen-bond acceptors (Lipinski definition) is 4. The first-order chi connectivity index (χ1) is 13.1. The van der Waals surface area contributed by atoms with Gasteiger partial charge in [0, 0.05) is 12.8 Å². The molecule has 0 heterocycles. The minimum absolute atomic E-state index is 0.0241. The second-order valence-corrected chi connectivity index (χ2v) is 7.56. The molecule has 0 spiro atoms. The Morgan fingerprint density at radius 3 is 1.81 bits per heavy atom. The van der Waals surface area contributed by atoms with Crippen LogP contribution < -0.4 is 0 Å². The maximum atomic E-state index is 11.8. The van der Waals surface area contributed by atoms with E-state index in [0.29, 0.717) is 25.9 Å². The molecule has 0 aromatic rings. The SMILES string of the molecule is CCCCCCCCCCCOC(=O)CCCC(=O)OC(CC)CCCC. The molecule has 0 radical (unpaired) electrons. The Hall–Kier alpha value is -1.06. The van der Waals surface area contributed by atoms with Crippen LogP contribution in [0.5, 0.6) is 0 Å². The Morgan fingerprint density at radius 1 is 0.667 bits per heavy atom. The summed E-state index contributed by atoms with van der Waals surface area (Å²) in [5.41, 5.74) is 0. The van der Waals surface area contributed by atoms with E-state index in [4.69, 9.17) is 9.47 Å².